The third-order valence-corrected chi connectivity index (χ3v) is 7.40. The molecule has 31 heavy (non-hydrogen) atoms. The molecule has 0 aliphatic carbocycles. The second-order valence-electron chi connectivity index (χ2n) is 7.79. The molecule has 3 rings (SSSR count). The molecule has 1 aliphatic heterocycles. The lowest BCUT2D eigenvalue weighted by Crippen LogP contribution is -2.23. The number of hydrogen-bond donors (Lipinski definition) is 1. The molecule has 1 heterocycles. The van der Waals surface area contributed by atoms with Crippen molar-refractivity contribution in [3.63, 3.8) is 0 Å². The van der Waals surface area contributed by atoms with Crippen LogP contribution in [-0.2, 0) is 9.63 Å². The Balaban J connectivity index is 1.77. The lowest BCUT2D eigenvalue weighted by atomic mass is 9.98. The molecule has 1 saturated heterocycles. The fourth-order valence-electron chi connectivity index (χ4n) is 2.56. The smallest absolute Gasteiger partial charge is 0.340 e. The predicted octanol–water partition coefficient (Wildman–Crippen LogP) is 5.08. The number of benzene rings is 2. The van der Waals surface area contributed by atoms with E-state index < -0.39 is 16.3 Å². The zero-order chi connectivity index (χ0) is 22.6. The van der Waals surface area contributed by atoms with Gasteiger partial charge in [-0.05, 0) is 50.6 Å². The molecule has 0 aromatic heterocycles. The first-order chi connectivity index (χ1) is 14.6. The second-order valence-corrected chi connectivity index (χ2v) is 10.5. The van der Waals surface area contributed by atoms with Gasteiger partial charge in [-0.2, -0.15) is 0 Å². The Kier molecular flexibility index (Phi) is 7.11. The molecule has 1 aliphatic rings. The number of nitrogens with two attached hydrogens (primary N) is 1. The highest BCUT2D eigenvalue weighted by atomic mass is 32.2. The quantitative estimate of drug-likeness (QED) is 0.208. The average Bonchev–Trinajstić information content (AvgIpc) is 3.26. The normalized spacial score (nSPS) is 15.0. The Morgan fingerprint density at radius 3 is 2.39 bits per heavy atom. The van der Waals surface area contributed by atoms with Gasteiger partial charge in [-0.25, -0.2) is 4.79 Å². The minimum atomic E-state index is -0.752. The van der Waals surface area contributed by atoms with E-state index >= 15 is 0 Å². The van der Waals surface area contributed by atoms with Gasteiger partial charge in [0.1, 0.15) is 5.75 Å². The van der Waals surface area contributed by atoms with E-state index in [0.29, 0.717) is 10.3 Å². The molecule has 2 N–H and O–H groups in total. The molecular formula is C21H23N3O5S2. The van der Waals surface area contributed by atoms with Crippen LogP contribution < -0.4 is 10.5 Å². The summed E-state index contributed by atoms with van der Waals surface area (Å²) in [5, 5.41) is 15.2. The van der Waals surface area contributed by atoms with Crippen molar-refractivity contribution in [1.29, 1.82) is 0 Å². The molecule has 8 nitrogen and oxygen atoms in total. The molecule has 0 amide bonds. The van der Waals surface area contributed by atoms with Crippen molar-refractivity contribution >= 4 is 41.0 Å². The van der Waals surface area contributed by atoms with Gasteiger partial charge >= 0.3 is 11.7 Å². The zero-order valence-corrected chi connectivity index (χ0v) is 19.0. The molecule has 164 valence electrons. The third-order valence-electron chi connectivity index (χ3n) is 4.29. The first-order valence-corrected chi connectivity index (χ1v) is 11.6. The van der Waals surface area contributed by atoms with Gasteiger partial charge in [0, 0.05) is 23.1 Å². The number of hydrogen-bond acceptors (Lipinski definition) is 8. The number of oxime groups is 1. The maximum Gasteiger partial charge on any atom is 0.340 e. The summed E-state index contributed by atoms with van der Waals surface area (Å²) in [6.07, 6.45) is 0. The van der Waals surface area contributed by atoms with E-state index in [-0.39, 0.29) is 22.8 Å². The SMILES string of the molecule is CC(C)(C)C(=O)O/N=C(/N)c1ccc(Oc2ccc(C3SCCS3)cc2)c([N+](=O)[O-])c1. The van der Waals surface area contributed by atoms with Crippen LogP contribution in [0.2, 0.25) is 0 Å². The number of nitrogens with zero attached hydrogens (tertiary/aromatic N) is 2. The van der Waals surface area contributed by atoms with Gasteiger partial charge in [0.05, 0.1) is 14.9 Å². The van der Waals surface area contributed by atoms with Crippen molar-refractivity contribution in [1.82, 2.24) is 0 Å². The number of nitro groups is 1. The molecule has 2 aromatic carbocycles. The van der Waals surface area contributed by atoms with E-state index in [4.69, 9.17) is 15.3 Å². The van der Waals surface area contributed by atoms with Crippen LogP contribution in [0.15, 0.2) is 47.6 Å². The average molecular weight is 462 g/mol. The number of carbonyl (C=O) groups is 1. The highest BCUT2D eigenvalue weighted by Crippen LogP contribution is 2.45. The molecule has 1 fully saturated rings. The Hall–Kier alpha value is -2.72. The summed E-state index contributed by atoms with van der Waals surface area (Å²) in [4.78, 5) is 27.7. The van der Waals surface area contributed by atoms with Crippen LogP contribution >= 0.6 is 23.5 Å². The van der Waals surface area contributed by atoms with Crippen LogP contribution in [0.5, 0.6) is 11.5 Å². The number of thioether (sulfide) groups is 2. The van der Waals surface area contributed by atoms with Gasteiger partial charge in [-0.3, -0.25) is 10.1 Å². The number of carbonyl (C=O) groups excluding carboxylic acids is 1. The Bertz CT molecular complexity index is 997. The van der Waals surface area contributed by atoms with Crippen molar-refractivity contribution in [3.05, 3.63) is 63.7 Å². The first kappa shape index (κ1) is 23.0. The molecule has 2 aromatic rings. The minimum absolute atomic E-state index is 0.0746. The van der Waals surface area contributed by atoms with Crippen molar-refractivity contribution in [2.24, 2.45) is 16.3 Å². The summed E-state index contributed by atoms with van der Waals surface area (Å²) in [5.41, 5.74) is 6.25. The van der Waals surface area contributed by atoms with Crippen molar-refractivity contribution in [2.75, 3.05) is 11.5 Å². The van der Waals surface area contributed by atoms with Crippen LogP contribution in [-0.4, -0.2) is 28.2 Å². The van der Waals surface area contributed by atoms with Gasteiger partial charge in [-0.15, -0.1) is 23.5 Å². The number of nitro benzene ring substituents is 1. The van der Waals surface area contributed by atoms with Crippen molar-refractivity contribution in [3.8, 4) is 11.5 Å². The van der Waals surface area contributed by atoms with Gasteiger partial charge in [0.25, 0.3) is 0 Å². The summed E-state index contributed by atoms with van der Waals surface area (Å²) in [5.74, 6) is 2.12. The molecular weight excluding hydrogens is 438 g/mol. The molecule has 0 bridgehead atoms. The van der Waals surface area contributed by atoms with Crippen molar-refractivity contribution < 1.29 is 19.3 Å². The maximum absolute atomic E-state index is 11.8. The fraction of sp³-hybridized carbons (Fsp3) is 0.333. The third kappa shape index (κ3) is 5.92. The van der Waals surface area contributed by atoms with Gasteiger partial charge in [0.2, 0.25) is 5.75 Å². The van der Waals surface area contributed by atoms with Gasteiger partial charge in [-0.1, -0.05) is 17.3 Å². The highest BCUT2D eigenvalue weighted by molar-refractivity contribution is 8.19. The first-order valence-electron chi connectivity index (χ1n) is 9.50. The fourth-order valence-corrected chi connectivity index (χ4v) is 5.42. The largest absolute Gasteiger partial charge is 0.450 e. The van der Waals surface area contributed by atoms with Crippen LogP contribution in [0, 0.1) is 15.5 Å². The van der Waals surface area contributed by atoms with E-state index in [2.05, 4.69) is 5.16 Å². The van der Waals surface area contributed by atoms with Gasteiger partial charge in [0.15, 0.2) is 5.84 Å². The molecule has 0 unspecified atom stereocenters. The van der Waals surface area contributed by atoms with Crippen LogP contribution in [0.1, 0.15) is 36.5 Å². The molecule has 0 atom stereocenters. The summed E-state index contributed by atoms with van der Waals surface area (Å²) < 4.78 is 6.16. The Labute approximate surface area is 188 Å². The predicted molar refractivity (Wildman–Crippen MR) is 124 cm³/mol. The Morgan fingerprint density at radius 1 is 1.16 bits per heavy atom. The lowest BCUT2D eigenvalue weighted by molar-refractivity contribution is -0.385. The topological polar surface area (TPSA) is 117 Å². The van der Waals surface area contributed by atoms with E-state index in [1.165, 1.54) is 23.8 Å². The standard InChI is InChI=1S/C21H23N3O5S2/c1-21(2,3)20(25)29-23-18(22)14-6-9-17(16(12-14)24(26)27)28-15-7-4-13(5-8-15)19-30-10-11-31-19/h4-9,12,19H,10-11H2,1-3H3,(H2,22,23). The monoisotopic (exact) mass is 461 g/mol. The van der Waals surface area contributed by atoms with Crippen molar-refractivity contribution in [2.45, 2.75) is 25.4 Å². The van der Waals surface area contributed by atoms with E-state index in [1.54, 1.807) is 32.9 Å². The lowest BCUT2D eigenvalue weighted by Gasteiger charge is -2.13. The highest BCUT2D eigenvalue weighted by Gasteiger charge is 2.24. The number of rotatable bonds is 6. The van der Waals surface area contributed by atoms with Crippen LogP contribution in [0.4, 0.5) is 5.69 Å². The molecule has 0 saturated carbocycles. The second kappa shape index (κ2) is 9.61. The minimum Gasteiger partial charge on any atom is -0.450 e. The molecule has 0 radical (unpaired) electrons. The molecule has 0 spiro atoms. The Morgan fingerprint density at radius 2 is 1.81 bits per heavy atom. The van der Waals surface area contributed by atoms with E-state index in [9.17, 15) is 14.9 Å². The zero-order valence-electron chi connectivity index (χ0n) is 17.4. The van der Waals surface area contributed by atoms with E-state index in [0.717, 1.165) is 11.5 Å². The van der Waals surface area contributed by atoms with Crippen LogP contribution in [0.25, 0.3) is 0 Å². The summed E-state index contributed by atoms with van der Waals surface area (Å²) >= 11 is 3.80. The summed E-state index contributed by atoms with van der Waals surface area (Å²) in [6, 6.07) is 11.7. The maximum atomic E-state index is 11.8. The van der Waals surface area contributed by atoms with Crippen LogP contribution in [0.3, 0.4) is 0 Å². The number of amidine groups is 1. The molecule has 10 heteroatoms. The number of ether oxygens (including phenoxy) is 1. The van der Waals surface area contributed by atoms with Gasteiger partial charge < -0.3 is 15.3 Å². The summed E-state index contributed by atoms with van der Waals surface area (Å²) in [7, 11) is 0. The summed E-state index contributed by atoms with van der Waals surface area (Å²) in [6.45, 7) is 5.03. The van der Waals surface area contributed by atoms with E-state index in [1.807, 2.05) is 35.7 Å².